The Hall–Kier alpha value is -1.06. The highest BCUT2D eigenvalue weighted by Gasteiger charge is 2.14. The molecule has 3 nitrogen and oxygen atoms in total. The van der Waals surface area contributed by atoms with E-state index < -0.39 is 0 Å². The van der Waals surface area contributed by atoms with Crippen LogP contribution in [0.3, 0.4) is 0 Å². The van der Waals surface area contributed by atoms with Crippen molar-refractivity contribution in [3.8, 4) is 0 Å². The molecule has 0 bridgehead atoms. The van der Waals surface area contributed by atoms with E-state index in [1.54, 1.807) is 0 Å². The zero-order valence-corrected chi connectivity index (χ0v) is 11.1. The zero-order valence-electron chi connectivity index (χ0n) is 10.4. The van der Waals surface area contributed by atoms with Crippen LogP contribution in [0.2, 0.25) is 5.02 Å². The summed E-state index contributed by atoms with van der Waals surface area (Å²) in [6.07, 6.45) is 0. The minimum absolute atomic E-state index is 0.151. The molecule has 0 saturated heterocycles. The van der Waals surface area contributed by atoms with Gasteiger partial charge in [-0.1, -0.05) is 30.7 Å². The van der Waals surface area contributed by atoms with Crippen LogP contribution in [-0.2, 0) is 9.53 Å². The topological polar surface area (TPSA) is 38.3 Å². The number of rotatable bonds is 5. The molecule has 0 radical (unpaired) electrons. The highest BCUT2D eigenvalue weighted by atomic mass is 35.5. The number of esters is 1. The Morgan fingerprint density at radius 2 is 2.18 bits per heavy atom. The fraction of sp³-hybridized carbons (Fsp3) is 0.462. The molecule has 0 amide bonds. The monoisotopic (exact) mass is 255 g/mol. The lowest BCUT2D eigenvalue weighted by Gasteiger charge is -2.17. The van der Waals surface area contributed by atoms with Gasteiger partial charge in [-0.25, -0.2) is 0 Å². The van der Waals surface area contributed by atoms with Gasteiger partial charge in [-0.15, -0.1) is 0 Å². The summed E-state index contributed by atoms with van der Waals surface area (Å²) in [5.41, 5.74) is 1.11. The summed E-state index contributed by atoms with van der Waals surface area (Å²) in [7, 11) is 1.40. The number of carbonyl (C=O) groups is 1. The van der Waals surface area contributed by atoms with E-state index in [0.29, 0.717) is 6.54 Å². The van der Waals surface area contributed by atoms with Crippen molar-refractivity contribution in [1.82, 2.24) is 5.32 Å². The molecule has 1 aromatic rings. The van der Waals surface area contributed by atoms with E-state index in [9.17, 15) is 4.79 Å². The van der Waals surface area contributed by atoms with Crippen LogP contribution < -0.4 is 5.32 Å². The first-order valence-corrected chi connectivity index (χ1v) is 5.99. The third kappa shape index (κ3) is 4.36. The van der Waals surface area contributed by atoms with Crippen LogP contribution in [0.4, 0.5) is 0 Å². The molecular weight excluding hydrogens is 238 g/mol. The highest BCUT2D eigenvalue weighted by molar-refractivity contribution is 6.30. The van der Waals surface area contributed by atoms with E-state index in [1.165, 1.54) is 7.11 Å². The Morgan fingerprint density at radius 3 is 2.76 bits per heavy atom. The van der Waals surface area contributed by atoms with Crippen molar-refractivity contribution in [1.29, 1.82) is 0 Å². The van der Waals surface area contributed by atoms with Crippen molar-refractivity contribution >= 4 is 17.6 Å². The van der Waals surface area contributed by atoms with Crippen LogP contribution in [0.5, 0.6) is 0 Å². The van der Waals surface area contributed by atoms with Gasteiger partial charge in [0, 0.05) is 17.6 Å². The second-order valence-corrected chi connectivity index (χ2v) is 4.55. The van der Waals surface area contributed by atoms with Crippen LogP contribution >= 0.6 is 11.6 Å². The molecule has 0 aliphatic heterocycles. The SMILES string of the molecule is COC(=O)C(C)CN[C@H](C)c1cccc(Cl)c1. The summed E-state index contributed by atoms with van der Waals surface area (Å²) in [6.45, 7) is 4.46. The fourth-order valence-corrected chi connectivity index (χ4v) is 1.73. The molecule has 17 heavy (non-hydrogen) atoms. The summed E-state index contributed by atoms with van der Waals surface area (Å²) < 4.78 is 4.67. The largest absolute Gasteiger partial charge is 0.469 e. The lowest BCUT2D eigenvalue weighted by Crippen LogP contribution is -2.29. The lowest BCUT2D eigenvalue weighted by molar-refractivity contribution is -0.144. The molecule has 2 atom stereocenters. The van der Waals surface area contributed by atoms with Gasteiger partial charge >= 0.3 is 5.97 Å². The van der Waals surface area contributed by atoms with Gasteiger partial charge in [0.15, 0.2) is 0 Å². The Kier molecular flexibility index (Phi) is 5.45. The van der Waals surface area contributed by atoms with Crippen LogP contribution in [0.15, 0.2) is 24.3 Å². The molecule has 0 fully saturated rings. The molecule has 0 aliphatic carbocycles. The minimum Gasteiger partial charge on any atom is -0.469 e. The quantitative estimate of drug-likeness (QED) is 0.823. The summed E-state index contributed by atoms with van der Waals surface area (Å²) in [5, 5.41) is 4.00. The molecule has 0 heterocycles. The first kappa shape index (κ1) is 14.0. The van der Waals surface area contributed by atoms with Crippen molar-refractivity contribution < 1.29 is 9.53 Å². The molecule has 4 heteroatoms. The molecule has 0 aliphatic rings. The lowest BCUT2D eigenvalue weighted by atomic mass is 10.1. The zero-order chi connectivity index (χ0) is 12.8. The maximum Gasteiger partial charge on any atom is 0.309 e. The first-order chi connectivity index (χ1) is 8.04. The standard InChI is InChI=1S/C13H18ClNO2/c1-9(13(16)17-3)8-15-10(2)11-5-4-6-12(14)7-11/h4-7,9-10,15H,8H2,1-3H3/t9?,10-/m1/s1. The van der Waals surface area contributed by atoms with Crippen molar-refractivity contribution in [3.05, 3.63) is 34.9 Å². The van der Waals surface area contributed by atoms with E-state index in [2.05, 4.69) is 10.1 Å². The second kappa shape index (κ2) is 6.62. The van der Waals surface area contributed by atoms with Crippen molar-refractivity contribution in [3.63, 3.8) is 0 Å². The average Bonchev–Trinajstić information content (AvgIpc) is 2.34. The van der Waals surface area contributed by atoms with Crippen molar-refractivity contribution in [2.24, 2.45) is 5.92 Å². The Labute approximate surface area is 107 Å². The van der Waals surface area contributed by atoms with Gasteiger partial charge in [-0.3, -0.25) is 4.79 Å². The smallest absolute Gasteiger partial charge is 0.309 e. The number of carbonyl (C=O) groups excluding carboxylic acids is 1. The fourth-order valence-electron chi connectivity index (χ4n) is 1.53. The van der Waals surface area contributed by atoms with E-state index >= 15 is 0 Å². The Bertz CT molecular complexity index is 381. The third-order valence-electron chi connectivity index (χ3n) is 2.68. The van der Waals surface area contributed by atoms with E-state index in [-0.39, 0.29) is 17.9 Å². The van der Waals surface area contributed by atoms with Gasteiger partial charge in [0.2, 0.25) is 0 Å². The van der Waals surface area contributed by atoms with Crippen molar-refractivity contribution in [2.45, 2.75) is 19.9 Å². The number of halogens is 1. The van der Waals surface area contributed by atoms with Gasteiger partial charge in [0.25, 0.3) is 0 Å². The van der Waals surface area contributed by atoms with Gasteiger partial charge in [-0.2, -0.15) is 0 Å². The maximum atomic E-state index is 11.2. The molecule has 1 unspecified atom stereocenters. The van der Waals surface area contributed by atoms with E-state index in [0.717, 1.165) is 10.6 Å². The molecule has 0 spiro atoms. The summed E-state index contributed by atoms with van der Waals surface area (Å²) >= 11 is 5.92. The normalized spacial score (nSPS) is 14.1. The number of methoxy groups -OCH3 is 1. The van der Waals surface area contributed by atoms with E-state index in [1.807, 2.05) is 38.1 Å². The van der Waals surface area contributed by atoms with Crippen LogP contribution in [0.25, 0.3) is 0 Å². The van der Waals surface area contributed by atoms with Crippen LogP contribution in [-0.4, -0.2) is 19.6 Å². The number of hydrogen-bond donors (Lipinski definition) is 1. The van der Waals surface area contributed by atoms with Crippen LogP contribution in [0.1, 0.15) is 25.5 Å². The highest BCUT2D eigenvalue weighted by Crippen LogP contribution is 2.17. The van der Waals surface area contributed by atoms with Gasteiger partial charge in [0.05, 0.1) is 13.0 Å². The second-order valence-electron chi connectivity index (χ2n) is 4.11. The predicted octanol–water partition coefficient (Wildman–Crippen LogP) is 2.80. The molecule has 1 rings (SSSR count). The summed E-state index contributed by atoms with van der Waals surface area (Å²) in [6, 6.07) is 7.84. The van der Waals surface area contributed by atoms with Crippen LogP contribution in [0, 0.1) is 5.92 Å². The summed E-state index contributed by atoms with van der Waals surface area (Å²) in [5.74, 6) is -0.350. The number of hydrogen-bond acceptors (Lipinski definition) is 3. The number of ether oxygens (including phenoxy) is 1. The molecule has 0 saturated carbocycles. The Morgan fingerprint density at radius 1 is 1.47 bits per heavy atom. The molecule has 94 valence electrons. The van der Waals surface area contributed by atoms with Crippen molar-refractivity contribution in [2.75, 3.05) is 13.7 Å². The van der Waals surface area contributed by atoms with Gasteiger partial charge < -0.3 is 10.1 Å². The van der Waals surface area contributed by atoms with E-state index in [4.69, 9.17) is 11.6 Å². The van der Waals surface area contributed by atoms with Gasteiger partial charge in [-0.05, 0) is 24.6 Å². The molecule has 0 aromatic heterocycles. The predicted molar refractivity (Wildman–Crippen MR) is 69.0 cm³/mol. The number of benzene rings is 1. The first-order valence-electron chi connectivity index (χ1n) is 5.61. The molecule has 1 aromatic carbocycles. The maximum absolute atomic E-state index is 11.2. The molecule has 1 N–H and O–H groups in total. The minimum atomic E-state index is -0.198. The average molecular weight is 256 g/mol. The van der Waals surface area contributed by atoms with Gasteiger partial charge in [0.1, 0.15) is 0 Å². The Balaban J connectivity index is 2.50. The summed E-state index contributed by atoms with van der Waals surface area (Å²) in [4.78, 5) is 11.2. The molecular formula is C13H18ClNO2. The number of nitrogens with one attached hydrogen (secondary N) is 1. The third-order valence-corrected chi connectivity index (χ3v) is 2.92.